The maximum absolute atomic E-state index is 12.2. The van der Waals surface area contributed by atoms with E-state index in [4.69, 9.17) is 5.73 Å². The minimum Gasteiger partial charge on any atom is -0.346 e. The molecule has 6 heteroatoms. The van der Waals surface area contributed by atoms with E-state index in [0.29, 0.717) is 6.54 Å². The van der Waals surface area contributed by atoms with Gasteiger partial charge in [0.2, 0.25) is 11.8 Å². The fourth-order valence-corrected chi connectivity index (χ4v) is 2.29. The Bertz CT molecular complexity index is 479. The molecule has 1 aliphatic heterocycles. The maximum Gasteiger partial charge on any atom is 0.246 e. The van der Waals surface area contributed by atoms with Crippen LogP contribution in [0.25, 0.3) is 0 Å². The second-order valence-corrected chi connectivity index (χ2v) is 4.61. The molecule has 0 fully saturated rings. The average molecular weight is 298 g/mol. The van der Waals surface area contributed by atoms with E-state index in [9.17, 15) is 9.59 Å². The Balaban J connectivity index is 0.00000200. The number of amides is 2. The van der Waals surface area contributed by atoms with Gasteiger partial charge in [-0.15, -0.1) is 12.4 Å². The number of fused-ring (bicyclic) bond motifs is 1. The first-order chi connectivity index (χ1) is 9.22. The topological polar surface area (TPSA) is 75.4 Å². The molecular formula is C14H20ClN3O2. The minimum absolute atomic E-state index is 0. The Kier molecular flexibility index (Phi) is 6.48. The molecule has 1 heterocycles. The number of hydrogen-bond acceptors (Lipinski definition) is 3. The summed E-state index contributed by atoms with van der Waals surface area (Å²) in [5.41, 5.74) is 7.36. The van der Waals surface area contributed by atoms with Crippen LogP contribution in [-0.2, 0) is 16.0 Å². The molecule has 1 aromatic carbocycles. The lowest BCUT2D eigenvalue weighted by Gasteiger charge is -2.23. The summed E-state index contributed by atoms with van der Waals surface area (Å²) in [6, 6.07) is 7.94. The van der Waals surface area contributed by atoms with Crippen molar-refractivity contribution in [3.05, 3.63) is 29.8 Å². The van der Waals surface area contributed by atoms with Crippen molar-refractivity contribution in [2.75, 3.05) is 24.5 Å². The molecule has 2 amide bonds. The van der Waals surface area contributed by atoms with E-state index >= 15 is 0 Å². The zero-order valence-corrected chi connectivity index (χ0v) is 12.1. The van der Waals surface area contributed by atoms with E-state index in [2.05, 4.69) is 11.4 Å². The van der Waals surface area contributed by atoms with Gasteiger partial charge in [0.15, 0.2) is 0 Å². The SMILES string of the molecule is Cl.NCC(=O)NCC(=O)N1CCCCc2ccccc21. The second-order valence-electron chi connectivity index (χ2n) is 4.61. The summed E-state index contributed by atoms with van der Waals surface area (Å²) in [7, 11) is 0. The Morgan fingerprint density at radius 1 is 1.25 bits per heavy atom. The van der Waals surface area contributed by atoms with Gasteiger partial charge in [-0.05, 0) is 30.9 Å². The number of anilines is 1. The molecule has 110 valence electrons. The summed E-state index contributed by atoms with van der Waals surface area (Å²) < 4.78 is 0. The minimum atomic E-state index is -0.309. The highest BCUT2D eigenvalue weighted by Gasteiger charge is 2.20. The second kappa shape index (κ2) is 7.87. The van der Waals surface area contributed by atoms with Crippen LogP contribution >= 0.6 is 12.4 Å². The number of aryl methyl sites for hydroxylation is 1. The number of halogens is 1. The Morgan fingerprint density at radius 3 is 2.75 bits per heavy atom. The van der Waals surface area contributed by atoms with Gasteiger partial charge in [0.05, 0.1) is 13.1 Å². The third kappa shape index (κ3) is 3.95. The summed E-state index contributed by atoms with van der Waals surface area (Å²) in [5, 5.41) is 2.53. The quantitative estimate of drug-likeness (QED) is 0.868. The molecule has 5 nitrogen and oxygen atoms in total. The van der Waals surface area contributed by atoms with Gasteiger partial charge in [-0.1, -0.05) is 18.2 Å². The van der Waals surface area contributed by atoms with E-state index in [1.54, 1.807) is 4.90 Å². The Hall–Kier alpha value is -1.59. The van der Waals surface area contributed by atoms with Crippen molar-refractivity contribution in [1.82, 2.24) is 5.32 Å². The first kappa shape index (κ1) is 16.5. The van der Waals surface area contributed by atoms with Crippen molar-refractivity contribution in [2.24, 2.45) is 5.73 Å². The van der Waals surface area contributed by atoms with Gasteiger partial charge in [-0.2, -0.15) is 0 Å². The van der Waals surface area contributed by atoms with E-state index < -0.39 is 0 Å². The lowest BCUT2D eigenvalue weighted by molar-refractivity contribution is -0.124. The molecule has 0 aliphatic carbocycles. The normalized spacial score (nSPS) is 13.8. The number of rotatable bonds is 3. The molecule has 0 atom stereocenters. The van der Waals surface area contributed by atoms with E-state index in [0.717, 1.165) is 24.9 Å². The van der Waals surface area contributed by atoms with E-state index in [1.165, 1.54) is 5.56 Å². The van der Waals surface area contributed by atoms with Gasteiger partial charge in [-0.3, -0.25) is 9.59 Å². The zero-order chi connectivity index (χ0) is 13.7. The smallest absolute Gasteiger partial charge is 0.246 e. The Morgan fingerprint density at radius 2 is 2.00 bits per heavy atom. The first-order valence-corrected chi connectivity index (χ1v) is 6.57. The number of carbonyl (C=O) groups excluding carboxylic acids is 2. The van der Waals surface area contributed by atoms with Crippen LogP contribution in [0, 0.1) is 0 Å². The number of nitrogens with two attached hydrogens (primary N) is 1. The summed E-state index contributed by atoms with van der Waals surface area (Å²) in [6.07, 6.45) is 3.05. The van der Waals surface area contributed by atoms with Crippen LogP contribution in [0.3, 0.4) is 0 Å². The van der Waals surface area contributed by atoms with Crippen LogP contribution in [0.5, 0.6) is 0 Å². The molecule has 3 N–H and O–H groups in total. The average Bonchev–Trinajstić information content (AvgIpc) is 2.66. The summed E-state index contributed by atoms with van der Waals surface area (Å²) >= 11 is 0. The van der Waals surface area contributed by atoms with Gasteiger partial charge in [0.25, 0.3) is 0 Å². The van der Waals surface area contributed by atoms with Crippen molar-refractivity contribution in [3.63, 3.8) is 0 Å². The molecule has 0 spiro atoms. The predicted molar refractivity (Wildman–Crippen MR) is 81.0 cm³/mol. The van der Waals surface area contributed by atoms with Crippen LogP contribution in [0.4, 0.5) is 5.69 Å². The first-order valence-electron chi connectivity index (χ1n) is 6.57. The number of nitrogens with one attached hydrogen (secondary N) is 1. The van der Waals surface area contributed by atoms with Crippen LogP contribution in [0.15, 0.2) is 24.3 Å². The van der Waals surface area contributed by atoms with Gasteiger partial charge < -0.3 is 16.0 Å². The van der Waals surface area contributed by atoms with E-state index in [-0.39, 0.29) is 37.3 Å². The Labute approximate surface area is 124 Å². The van der Waals surface area contributed by atoms with Gasteiger partial charge in [0.1, 0.15) is 0 Å². The molecular weight excluding hydrogens is 278 g/mol. The highest BCUT2D eigenvalue weighted by Crippen LogP contribution is 2.25. The third-order valence-corrected chi connectivity index (χ3v) is 3.28. The van der Waals surface area contributed by atoms with Gasteiger partial charge in [-0.25, -0.2) is 0 Å². The van der Waals surface area contributed by atoms with Crippen LogP contribution in [0.2, 0.25) is 0 Å². The largest absolute Gasteiger partial charge is 0.346 e. The van der Waals surface area contributed by atoms with Crippen LogP contribution in [-0.4, -0.2) is 31.4 Å². The lowest BCUT2D eigenvalue weighted by atomic mass is 10.1. The molecule has 0 bridgehead atoms. The molecule has 0 radical (unpaired) electrons. The molecule has 20 heavy (non-hydrogen) atoms. The summed E-state index contributed by atoms with van der Waals surface area (Å²) in [6.45, 7) is 0.614. The van der Waals surface area contributed by atoms with E-state index in [1.807, 2.05) is 18.2 Å². The fourth-order valence-electron chi connectivity index (χ4n) is 2.29. The monoisotopic (exact) mass is 297 g/mol. The van der Waals surface area contributed by atoms with Crippen molar-refractivity contribution in [1.29, 1.82) is 0 Å². The highest BCUT2D eigenvalue weighted by molar-refractivity contribution is 5.97. The maximum atomic E-state index is 12.2. The molecule has 0 aromatic heterocycles. The number of carbonyl (C=O) groups is 2. The molecule has 1 aromatic rings. The van der Waals surface area contributed by atoms with Crippen molar-refractivity contribution < 1.29 is 9.59 Å². The van der Waals surface area contributed by atoms with Crippen molar-refractivity contribution >= 4 is 29.9 Å². The van der Waals surface area contributed by atoms with Crippen molar-refractivity contribution in [3.8, 4) is 0 Å². The highest BCUT2D eigenvalue weighted by atomic mass is 35.5. The summed E-state index contributed by atoms with van der Waals surface area (Å²) in [5.74, 6) is -0.396. The van der Waals surface area contributed by atoms with Gasteiger partial charge in [0, 0.05) is 12.2 Å². The predicted octanol–water partition coefficient (Wildman–Crippen LogP) is 0.853. The van der Waals surface area contributed by atoms with Gasteiger partial charge >= 0.3 is 0 Å². The molecule has 0 saturated carbocycles. The molecule has 0 saturated heterocycles. The zero-order valence-electron chi connectivity index (χ0n) is 11.3. The number of nitrogens with zero attached hydrogens (tertiary/aromatic N) is 1. The lowest BCUT2D eigenvalue weighted by Crippen LogP contribution is -2.42. The number of benzene rings is 1. The molecule has 2 rings (SSSR count). The molecule has 1 aliphatic rings. The fraction of sp³-hybridized carbons (Fsp3) is 0.429. The number of para-hydroxylation sites is 1. The molecule has 0 unspecified atom stereocenters. The number of hydrogen-bond donors (Lipinski definition) is 2. The summed E-state index contributed by atoms with van der Waals surface area (Å²) in [4.78, 5) is 25.1. The standard InChI is InChI=1S/C14H19N3O2.ClH/c15-9-13(18)16-10-14(19)17-8-4-3-6-11-5-1-2-7-12(11)17;/h1-2,5,7H,3-4,6,8-10,15H2,(H,16,18);1H. The third-order valence-electron chi connectivity index (χ3n) is 3.28. The van der Waals surface area contributed by atoms with Crippen molar-refractivity contribution in [2.45, 2.75) is 19.3 Å². The van der Waals surface area contributed by atoms with Crippen LogP contribution < -0.4 is 16.0 Å². The van der Waals surface area contributed by atoms with Crippen LogP contribution in [0.1, 0.15) is 18.4 Å².